The van der Waals surface area contributed by atoms with E-state index < -0.39 is 28.9 Å². The smallest absolute Gasteiger partial charge is 0.352 e. The largest absolute Gasteiger partial charge is 0.477 e. The van der Waals surface area contributed by atoms with Gasteiger partial charge >= 0.3 is 5.97 Å². The summed E-state index contributed by atoms with van der Waals surface area (Å²) in [4.78, 5) is 42.9. The van der Waals surface area contributed by atoms with Gasteiger partial charge < -0.3 is 20.9 Å². The fraction of sp³-hybridized carbons (Fsp3) is 0.438. The lowest BCUT2D eigenvalue weighted by molar-refractivity contribution is -0.192. The standard InChI is InChI=1S/C16H18N8O5S3/c1-23-15(20-21-22-23)32-5-7-4-30-13-16(29-2,12(28)24(13)10(7)11(26)27)19-9(25)3-8-6-31-14(17)18-8/h6,13H,3-5H2,1-2H3,(H2,17,18)(H,19,25)(H,26,27)/t13-,16+/m1/s1. The molecule has 0 saturated carbocycles. The molecule has 1 fully saturated rings. The number of aryl methyl sites for hydroxylation is 1. The van der Waals surface area contributed by atoms with Gasteiger partial charge in [-0.25, -0.2) is 14.5 Å². The first-order chi connectivity index (χ1) is 15.3. The fourth-order valence-corrected chi connectivity index (χ4v) is 6.36. The van der Waals surface area contributed by atoms with Crippen LogP contribution in [0.4, 0.5) is 5.13 Å². The van der Waals surface area contributed by atoms with Gasteiger partial charge in [0.15, 0.2) is 5.13 Å². The Labute approximate surface area is 193 Å². The third-order valence-electron chi connectivity index (χ3n) is 4.83. The summed E-state index contributed by atoms with van der Waals surface area (Å²) in [5.41, 5.74) is 4.84. The van der Waals surface area contributed by atoms with Crippen LogP contribution in [0.25, 0.3) is 0 Å². The van der Waals surface area contributed by atoms with Crippen molar-refractivity contribution in [2.24, 2.45) is 7.05 Å². The van der Waals surface area contributed by atoms with Crippen LogP contribution in [-0.2, 0) is 32.6 Å². The number of thiazole rings is 1. The summed E-state index contributed by atoms with van der Waals surface area (Å²) < 4.78 is 6.90. The van der Waals surface area contributed by atoms with E-state index >= 15 is 0 Å². The average Bonchev–Trinajstić information content (AvgIpc) is 3.36. The number of aliphatic carboxylic acids is 1. The maximum absolute atomic E-state index is 13.1. The number of tetrazole rings is 1. The number of hydrogen-bond donors (Lipinski definition) is 3. The SMILES string of the molecule is CO[C@@]1(NC(=O)Cc2csc(N)n2)C(=O)N2C(C(=O)O)=C(CSc3nnnn3C)CS[C@@H]21. The lowest BCUT2D eigenvalue weighted by Gasteiger charge is -2.55. The van der Waals surface area contributed by atoms with Gasteiger partial charge in [0.2, 0.25) is 11.1 Å². The molecule has 0 spiro atoms. The van der Waals surface area contributed by atoms with Crippen molar-refractivity contribution in [1.82, 2.24) is 35.4 Å². The molecule has 0 unspecified atom stereocenters. The van der Waals surface area contributed by atoms with Crippen molar-refractivity contribution in [1.29, 1.82) is 0 Å². The van der Waals surface area contributed by atoms with E-state index in [1.54, 1.807) is 12.4 Å². The predicted octanol–water partition coefficient (Wildman–Crippen LogP) is -0.704. The zero-order chi connectivity index (χ0) is 23.0. The van der Waals surface area contributed by atoms with Crippen LogP contribution in [0.3, 0.4) is 0 Å². The molecule has 2 atom stereocenters. The molecular weight excluding hydrogens is 480 g/mol. The van der Waals surface area contributed by atoms with E-state index in [4.69, 9.17) is 10.5 Å². The molecule has 2 amide bonds. The summed E-state index contributed by atoms with van der Waals surface area (Å²) in [5, 5.41) is 25.4. The molecule has 0 radical (unpaired) electrons. The third kappa shape index (κ3) is 3.82. The van der Waals surface area contributed by atoms with Gasteiger partial charge in [-0.15, -0.1) is 28.2 Å². The minimum atomic E-state index is -1.66. The number of anilines is 1. The van der Waals surface area contributed by atoms with Crippen molar-refractivity contribution in [3.8, 4) is 0 Å². The summed E-state index contributed by atoms with van der Waals surface area (Å²) in [6.45, 7) is 0. The summed E-state index contributed by atoms with van der Waals surface area (Å²) in [6.07, 6.45) is -0.0846. The Morgan fingerprint density at radius 3 is 2.88 bits per heavy atom. The third-order valence-corrected chi connectivity index (χ3v) is 8.02. The number of nitrogen functional groups attached to an aromatic ring is 1. The van der Waals surface area contributed by atoms with E-state index in [0.717, 1.165) is 4.90 Å². The lowest BCUT2D eigenvalue weighted by atomic mass is 9.98. The van der Waals surface area contributed by atoms with Gasteiger partial charge in [-0.1, -0.05) is 11.8 Å². The number of nitrogens with one attached hydrogen (secondary N) is 1. The van der Waals surface area contributed by atoms with Crippen molar-refractivity contribution in [3.05, 3.63) is 22.3 Å². The summed E-state index contributed by atoms with van der Waals surface area (Å²) in [7, 11) is 2.97. The molecule has 13 nitrogen and oxygen atoms in total. The molecule has 16 heteroatoms. The second-order valence-corrected chi connectivity index (χ2v) is 9.71. The van der Waals surface area contributed by atoms with E-state index in [1.165, 1.54) is 46.7 Å². The zero-order valence-electron chi connectivity index (χ0n) is 16.8. The van der Waals surface area contributed by atoms with Gasteiger partial charge in [-0.2, -0.15) is 0 Å². The van der Waals surface area contributed by atoms with Crippen molar-refractivity contribution in [2.75, 3.05) is 24.3 Å². The van der Waals surface area contributed by atoms with E-state index in [-0.39, 0.29) is 17.9 Å². The number of carboxylic acid groups (broad SMARTS) is 1. The normalized spacial score (nSPS) is 22.5. The number of ether oxygens (including phenoxy) is 1. The first kappa shape index (κ1) is 22.5. The maximum Gasteiger partial charge on any atom is 0.352 e. The van der Waals surface area contributed by atoms with Gasteiger partial charge in [0.1, 0.15) is 11.1 Å². The molecule has 4 N–H and O–H groups in total. The number of β-lactam (4-membered cyclic amide) rings is 1. The van der Waals surface area contributed by atoms with Crippen molar-refractivity contribution >= 4 is 57.8 Å². The van der Waals surface area contributed by atoms with Crippen LogP contribution >= 0.6 is 34.9 Å². The zero-order valence-corrected chi connectivity index (χ0v) is 19.3. The molecule has 170 valence electrons. The number of carbonyl (C=O) groups is 3. The van der Waals surface area contributed by atoms with E-state index in [2.05, 4.69) is 25.8 Å². The monoisotopic (exact) mass is 498 g/mol. The fourth-order valence-electron chi connectivity index (χ4n) is 3.37. The molecule has 4 rings (SSSR count). The molecule has 2 aromatic rings. The Morgan fingerprint density at radius 2 is 2.28 bits per heavy atom. The van der Waals surface area contributed by atoms with Gasteiger partial charge in [0.25, 0.3) is 11.6 Å². The van der Waals surface area contributed by atoms with E-state index in [1.807, 2.05) is 0 Å². The topological polar surface area (TPSA) is 178 Å². The van der Waals surface area contributed by atoms with Crippen LogP contribution < -0.4 is 11.1 Å². The number of rotatable bonds is 8. The quantitative estimate of drug-likeness (QED) is 0.237. The van der Waals surface area contributed by atoms with Crippen molar-refractivity contribution in [3.63, 3.8) is 0 Å². The molecule has 0 aromatic carbocycles. The minimum Gasteiger partial charge on any atom is -0.477 e. The van der Waals surface area contributed by atoms with Gasteiger partial charge in [-0.3, -0.25) is 14.5 Å². The highest BCUT2D eigenvalue weighted by Gasteiger charge is 2.66. The van der Waals surface area contributed by atoms with Crippen LogP contribution in [0, 0.1) is 0 Å². The number of carbonyl (C=O) groups excluding carboxylic acids is 2. The number of methoxy groups -OCH3 is 1. The number of nitrogens with zero attached hydrogens (tertiary/aromatic N) is 6. The van der Waals surface area contributed by atoms with Crippen molar-refractivity contribution < 1.29 is 24.2 Å². The van der Waals surface area contributed by atoms with Gasteiger partial charge in [0.05, 0.1) is 12.1 Å². The number of hydrogen-bond acceptors (Lipinski definition) is 12. The number of nitrogens with two attached hydrogens (primary N) is 1. The first-order valence-corrected chi connectivity index (χ1v) is 12.0. The molecule has 32 heavy (non-hydrogen) atoms. The Balaban J connectivity index is 1.52. The Bertz CT molecular complexity index is 1120. The van der Waals surface area contributed by atoms with Gasteiger partial charge in [0, 0.05) is 31.0 Å². The first-order valence-electron chi connectivity index (χ1n) is 9.08. The van der Waals surface area contributed by atoms with Crippen molar-refractivity contribution in [2.45, 2.75) is 22.7 Å². The second kappa shape index (κ2) is 8.68. The van der Waals surface area contributed by atoms with E-state index in [0.29, 0.717) is 27.3 Å². The van der Waals surface area contributed by atoms with E-state index in [9.17, 15) is 19.5 Å². The number of aromatic nitrogens is 5. The molecule has 2 aromatic heterocycles. The lowest BCUT2D eigenvalue weighted by Crippen LogP contribution is -2.80. The average molecular weight is 499 g/mol. The summed E-state index contributed by atoms with van der Waals surface area (Å²) in [5.74, 6) is -1.75. The summed E-state index contributed by atoms with van der Waals surface area (Å²) in [6, 6.07) is 0. The Morgan fingerprint density at radius 1 is 1.50 bits per heavy atom. The molecule has 4 heterocycles. The minimum absolute atomic E-state index is 0.0846. The molecule has 1 saturated heterocycles. The molecule has 0 aliphatic carbocycles. The Kier molecular flexibility index (Phi) is 6.11. The number of amides is 2. The molecular formula is C16H18N8O5S3. The van der Waals surface area contributed by atoms with Crippen LogP contribution in [0.1, 0.15) is 5.69 Å². The van der Waals surface area contributed by atoms with Gasteiger partial charge in [-0.05, 0) is 16.0 Å². The van der Waals surface area contributed by atoms with Crippen LogP contribution in [0.15, 0.2) is 21.8 Å². The second-order valence-electron chi connectivity index (χ2n) is 6.81. The van der Waals surface area contributed by atoms with Crippen LogP contribution in [-0.4, -0.2) is 82.7 Å². The predicted molar refractivity (Wildman–Crippen MR) is 115 cm³/mol. The highest BCUT2D eigenvalue weighted by molar-refractivity contribution is 8.01. The highest BCUT2D eigenvalue weighted by Crippen LogP contribution is 2.47. The number of thioether (sulfide) groups is 2. The summed E-state index contributed by atoms with van der Waals surface area (Å²) >= 11 is 3.78. The Hall–Kier alpha value is -2.69. The van der Waals surface area contributed by atoms with Crippen LogP contribution in [0.5, 0.6) is 0 Å². The molecule has 2 aliphatic rings. The highest BCUT2D eigenvalue weighted by atomic mass is 32.2. The number of carboxylic acids is 1. The molecule has 2 aliphatic heterocycles. The number of fused-ring (bicyclic) bond motifs is 1. The maximum atomic E-state index is 13.1. The molecule has 0 bridgehead atoms. The van der Waals surface area contributed by atoms with Crippen LogP contribution in [0.2, 0.25) is 0 Å².